The first-order valence-corrected chi connectivity index (χ1v) is 8.72. The number of para-hydroxylation sites is 1. The molecule has 0 saturated heterocycles. The highest BCUT2D eigenvalue weighted by Crippen LogP contribution is 2.35. The van der Waals surface area contributed by atoms with Crippen molar-refractivity contribution in [2.45, 2.75) is 0 Å². The summed E-state index contributed by atoms with van der Waals surface area (Å²) in [5.41, 5.74) is -0.512. The van der Waals surface area contributed by atoms with Crippen molar-refractivity contribution in [2.24, 2.45) is 0 Å². The second kappa shape index (κ2) is 7.47. The molecule has 4 nitrogen and oxygen atoms in total. The Bertz CT molecular complexity index is 1210. The van der Waals surface area contributed by atoms with Gasteiger partial charge in [-0.3, -0.25) is 9.59 Å². The minimum atomic E-state index is -1.16. The third-order valence-electron chi connectivity index (χ3n) is 4.50. The molecule has 0 atom stereocenters. The first-order chi connectivity index (χ1) is 14.4. The zero-order valence-corrected chi connectivity index (χ0v) is 15.1. The van der Waals surface area contributed by atoms with E-state index in [-0.39, 0.29) is 28.2 Å². The predicted octanol–water partition coefficient (Wildman–Crippen LogP) is 4.64. The zero-order valence-electron chi connectivity index (χ0n) is 15.1. The largest absolute Gasteiger partial charge is 0.350 e. The maximum absolute atomic E-state index is 14.3. The van der Waals surface area contributed by atoms with Crippen LogP contribution >= 0.6 is 0 Å². The fourth-order valence-corrected chi connectivity index (χ4v) is 3.10. The molecule has 0 aromatic heterocycles. The first kappa shape index (κ1) is 19.4. The number of halogens is 4. The molecule has 0 radical (unpaired) electrons. The van der Waals surface area contributed by atoms with E-state index in [1.165, 1.54) is 36.4 Å². The van der Waals surface area contributed by atoms with Crippen molar-refractivity contribution in [3.63, 3.8) is 0 Å². The van der Waals surface area contributed by atoms with E-state index in [0.29, 0.717) is 4.90 Å². The zero-order chi connectivity index (χ0) is 21.4. The van der Waals surface area contributed by atoms with Gasteiger partial charge in [-0.05, 0) is 42.0 Å². The molecule has 0 fully saturated rings. The molecule has 0 unspecified atom stereocenters. The van der Waals surface area contributed by atoms with Crippen LogP contribution < -0.4 is 10.2 Å². The third-order valence-corrected chi connectivity index (χ3v) is 4.50. The van der Waals surface area contributed by atoms with E-state index < -0.39 is 35.1 Å². The third kappa shape index (κ3) is 3.32. The fourth-order valence-electron chi connectivity index (χ4n) is 3.10. The number of carbonyl (C=O) groups excluding carboxylic acids is 2. The number of anilines is 2. The van der Waals surface area contributed by atoms with Gasteiger partial charge in [-0.15, -0.1) is 0 Å². The van der Waals surface area contributed by atoms with Gasteiger partial charge < -0.3 is 5.32 Å². The summed E-state index contributed by atoms with van der Waals surface area (Å²) >= 11 is 0. The number of rotatable bonds is 4. The summed E-state index contributed by atoms with van der Waals surface area (Å²) in [7, 11) is 0. The predicted molar refractivity (Wildman–Crippen MR) is 102 cm³/mol. The Labute approximate surface area is 168 Å². The van der Waals surface area contributed by atoms with Crippen molar-refractivity contribution in [1.82, 2.24) is 0 Å². The van der Waals surface area contributed by atoms with Crippen LogP contribution in [0.4, 0.5) is 28.9 Å². The van der Waals surface area contributed by atoms with Crippen molar-refractivity contribution in [2.75, 3.05) is 10.2 Å². The van der Waals surface area contributed by atoms with Crippen LogP contribution in [0.5, 0.6) is 0 Å². The van der Waals surface area contributed by atoms with E-state index >= 15 is 0 Å². The molecular weight excluding hydrogens is 400 g/mol. The lowest BCUT2D eigenvalue weighted by Gasteiger charge is -2.16. The van der Waals surface area contributed by atoms with Crippen molar-refractivity contribution < 1.29 is 27.2 Å². The summed E-state index contributed by atoms with van der Waals surface area (Å²) < 4.78 is 54.5. The Morgan fingerprint density at radius 2 is 1.40 bits per heavy atom. The van der Waals surface area contributed by atoms with Gasteiger partial charge in [0.2, 0.25) is 0 Å². The van der Waals surface area contributed by atoms with Gasteiger partial charge in [-0.25, -0.2) is 22.5 Å². The molecule has 2 amide bonds. The van der Waals surface area contributed by atoms with Crippen molar-refractivity contribution >= 4 is 28.8 Å². The van der Waals surface area contributed by atoms with Crippen molar-refractivity contribution in [3.8, 4) is 0 Å². The molecule has 8 heteroatoms. The van der Waals surface area contributed by atoms with Gasteiger partial charge in [0.25, 0.3) is 11.8 Å². The average Bonchev–Trinajstić information content (AvgIpc) is 2.96. The highest BCUT2D eigenvalue weighted by atomic mass is 19.2. The summed E-state index contributed by atoms with van der Waals surface area (Å²) in [5, 5.41) is 2.62. The number of carbonyl (C=O) groups is 2. The molecular formula is C22H12F4N2O2. The Hall–Kier alpha value is -3.94. The summed E-state index contributed by atoms with van der Waals surface area (Å²) in [6, 6.07) is 12.8. The first-order valence-electron chi connectivity index (χ1n) is 8.72. The lowest BCUT2D eigenvalue weighted by atomic mass is 10.0. The highest BCUT2D eigenvalue weighted by Gasteiger charge is 2.41. The van der Waals surface area contributed by atoms with Gasteiger partial charge in [-0.2, -0.15) is 0 Å². The van der Waals surface area contributed by atoms with E-state index in [1.807, 2.05) is 0 Å². The Balaban J connectivity index is 1.84. The normalized spacial score (nSPS) is 13.9. The molecule has 4 rings (SSSR count). The van der Waals surface area contributed by atoms with Gasteiger partial charge in [0.15, 0.2) is 11.6 Å². The molecule has 1 aliphatic rings. The number of hydrogen-bond donors (Lipinski definition) is 1. The maximum Gasteiger partial charge on any atom is 0.282 e. The summed E-state index contributed by atoms with van der Waals surface area (Å²) in [6.07, 6.45) is 0. The lowest BCUT2D eigenvalue weighted by Crippen LogP contribution is -2.33. The highest BCUT2D eigenvalue weighted by molar-refractivity contribution is 6.46. The minimum absolute atomic E-state index is 0.0000419. The second-order valence-corrected chi connectivity index (χ2v) is 6.41. The van der Waals surface area contributed by atoms with Crippen molar-refractivity contribution in [1.29, 1.82) is 0 Å². The lowest BCUT2D eigenvalue weighted by molar-refractivity contribution is -0.120. The summed E-state index contributed by atoms with van der Waals surface area (Å²) in [6.45, 7) is 0. The van der Waals surface area contributed by atoms with E-state index in [9.17, 15) is 27.2 Å². The van der Waals surface area contributed by atoms with Crippen LogP contribution in [0.2, 0.25) is 0 Å². The minimum Gasteiger partial charge on any atom is -0.350 e. The Morgan fingerprint density at radius 1 is 0.700 bits per heavy atom. The van der Waals surface area contributed by atoms with Gasteiger partial charge >= 0.3 is 0 Å². The quantitative estimate of drug-likeness (QED) is 0.502. The van der Waals surface area contributed by atoms with E-state index in [1.54, 1.807) is 0 Å². The number of nitrogens with zero attached hydrogens (tertiary/aromatic N) is 1. The number of imide groups is 1. The molecule has 0 bridgehead atoms. The number of benzene rings is 3. The van der Waals surface area contributed by atoms with Gasteiger partial charge in [0, 0.05) is 11.8 Å². The van der Waals surface area contributed by atoms with Crippen LogP contribution in [-0.4, -0.2) is 11.8 Å². The van der Waals surface area contributed by atoms with Gasteiger partial charge in [-0.1, -0.05) is 24.3 Å². The summed E-state index contributed by atoms with van der Waals surface area (Å²) in [5.74, 6) is -5.35. The molecule has 3 aromatic carbocycles. The smallest absolute Gasteiger partial charge is 0.282 e. The Morgan fingerprint density at radius 3 is 2.07 bits per heavy atom. The van der Waals surface area contributed by atoms with E-state index in [0.717, 1.165) is 30.3 Å². The molecule has 1 heterocycles. The molecule has 0 spiro atoms. The van der Waals surface area contributed by atoms with Gasteiger partial charge in [0.1, 0.15) is 17.3 Å². The van der Waals surface area contributed by atoms with Crippen molar-refractivity contribution in [3.05, 3.63) is 101 Å². The molecule has 30 heavy (non-hydrogen) atoms. The number of hydrogen-bond acceptors (Lipinski definition) is 3. The number of amides is 2. The maximum atomic E-state index is 14.3. The monoisotopic (exact) mass is 412 g/mol. The van der Waals surface area contributed by atoms with Crippen LogP contribution in [0, 0.1) is 23.3 Å². The number of nitrogens with one attached hydrogen (secondary N) is 1. The molecule has 150 valence electrons. The standard InChI is InChI=1S/C22H12F4N2O2/c23-13-7-5-12(6-8-13)19-20(27-14-9-10-15(24)17(26)11-14)22(30)28(21(19)29)18-4-2-1-3-16(18)25/h1-11,27H. The summed E-state index contributed by atoms with van der Waals surface area (Å²) in [4.78, 5) is 26.8. The fraction of sp³-hybridized carbons (Fsp3) is 0. The van der Waals surface area contributed by atoms with Crippen LogP contribution in [-0.2, 0) is 9.59 Å². The van der Waals surface area contributed by atoms with Gasteiger partial charge in [0.05, 0.1) is 11.3 Å². The second-order valence-electron chi connectivity index (χ2n) is 6.41. The van der Waals surface area contributed by atoms with E-state index in [4.69, 9.17) is 0 Å². The SMILES string of the molecule is O=C1C(Nc2ccc(F)c(F)c2)=C(c2ccc(F)cc2)C(=O)N1c1ccccc1F. The molecule has 0 aliphatic carbocycles. The molecule has 0 saturated carbocycles. The molecule has 3 aromatic rings. The van der Waals surface area contributed by atoms with Crippen LogP contribution in [0.15, 0.2) is 72.4 Å². The van der Waals surface area contributed by atoms with Crippen LogP contribution in [0.25, 0.3) is 5.57 Å². The average molecular weight is 412 g/mol. The molecule has 1 aliphatic heterocycles. The van der Waals surface area contributed by atoms with E-state index in [2.05, 4.69) is 5.32 Å². The Kier molecular flexibility index (Phi) is 4.83. The van der Waals surface area contributed by atoms with Crippen LogP contribution in [0.3, 0.4) is 0 Å². The van der Waals surface area contributed by atoms with Crippen LogP contribution in [0.1, 0.15) is 5.56 Å². The topological polar surface area (TPSA) is 49.4 Å². The molecule has 1 N–H and O–H groups in total.